The summed E-state index contributed by atoms with van der Waals surface area (Å²) in [5.41, 5.74) is 3.51. The Balaban J connectivity index is 1.83. The Morgan fingerprint density at radius 3 is 2.33 bits per heavy atom. The van der Waals surface area contributed by atoms with Crippen LogP contribution in [0.3, 0.4) is 0 Å². The molecule has 110 valence electrons. The van der Waals surface area contributed by atoms with Crippen molar-refractivity contribution in [2.24, 2.45) is 0 Å². The Bertz CT molecular complexity index is 602. The van der Waals surface area contributed by atoms with Crippen LogP contribution in [0.15, 0.2) is 42.5 Å². The maximum Gasteiger partial charge on any atom is 0.0456 e. The first-order valence-corrected chi connectivity index (χ1v) is 7.97. The van der Waals surface area contributed by atoms with Crippen LogP contribution in [0, 0.1) is 0 Å². The number of hydrogen-bond donors (Lipinski definition) is 1. The van der Waals surface area contributed by atoms with Gasteiger partial charge < -0.3 is 10.2 Å². The van der Waals surface area contributed by atoms with Crippen molar-refractivity contribution in [2.75, 3.05) is 31.1 Å². The van der Waals surface area contributed by atoms with Crippen molar-refractivity contribution in [3.8, 4) is 0 Å². The maximum absolute atomic E-state index is 6.26. The monoisotopic (exact) mass is 320 g/mol. The molecule has 1 heterocycles. The second-order valence-electron chi connectivity index (χ2n) is 5.28. The topological polar surface area (TPSA) is 15.3 Å². The van der Waals surface area contributed by atoms with Crippen molar-refractivity contribution in [3.05, 3.63) is 63.6 Å². The molecule has 0 bridgehead atoms. The van der Waals surface area contributed by atoms with Crippen molar-refractivity contribution < 1.29 is 0 Å². The van der Waals surface area contributed by atoms with Crippen molar-refractivity contribution in [1.82, 2.24) is 5.32 Å². The SMILES string of the molecule is Clc1cccc(Cl)c1Cc1cccc(N2CCNCC2)c1. The fourth-order valence-electron chi connectivity index (χ4n) is 2.69. The van der Waals surface area contributed by atoms with Gasteiger partial charge in [0.15, 0.2) is 0 Å². The second kappa shape index (κ2) is 6.69. The molecule has 0 atom stereocenters. The predicted molar refractivity (Wildman–Crippen MR) is 90.8 cm³/mol. The molecule has 21 heavy (non-hydrogen) atoms. The summed E-state index contributed by atoms with van der Waals surface area (Å²) < 4.78 is 0. The zero-order valence-corrected chi connectivity index (χ0v) is 13.3. The highest BCUT2D eigenvalue weighted by Crippen LogP contribution is 2.28. The molecule has 1 N–H and O–H groups in total. The molecular weight excluding hydrogens is 303 g/mol. The van der Waals surface area contributed by atoms with E-state index in [-0.39, 0.29) is 0 Å². The summed E-state index contributed by atoms with van der Waals surface area (Å²) in [5.74, 6) is 0. The van der Waals surface area contributed by atoms with Crippen LogP contribution in [-0.4, -0.2) is 26.2 Å². The third-order valence-corrected chi connectivity index (χ3v) is 4.54. The predicted octanol–water partition coefficient (Wildman–Crippen LogP) is 3.99. The lowest BCUT2D eigenvalue weighted by Crippen LogP contribution is -2.43. The number of nitrogens with one attached hydrogen (secondary N) is 1. The standard InChI is InChI=1S/C17H18Cl2N2/c18-16-5-2-6-17(19)15(16)12-13-3-1-4-14(11-13)21-9-7-20-8-10-21/h1-6,11,20H,7-10,12H2. The van der Waals surface area contributed by atoms with Gasteiger partial charge in [0.1, 0.15) is 0 Å². The average Bonchev–Trinajstić information content (AvgIpc) is 2.52. The molecule has 0 aliphatic carbocycles. The molecule has 1 fully saturated rings. The lowest BCUT2D eigenvalue weighted by atomic mass is 10.0. The van der Waals surface area contributed by atoms with E-state index in [0.29, 0.717) is 0 Å². The van der Waals surface area contributed by atoms with Crippen LogP contribution in [0.2, 0.25) is 10.0 Å². The van der Waals surface area contributed by atoms with Gasteiger partial charge >= 0.3 is 0 Å². The van der Waals surface area contributed by atoms with E-state index in [2.05, 4.69) is 34.5 Å². The van der Waals surface area contributed by atoms with Crippen molar-refractivity contribution >= 4 is 28.9 Å². The fourth-order valence-corrected chi connectivity index (χ4v) is 3.22. The molecule has 0 radical (unpaired) electrons. The van der Waals surface area contributed by atoms with Crippen LogP contribution in [0.25, 0.3) is 0 Å². The number of anilines is 1. The zero-order chi connectivity index (χ0) is 14.7. The van der Waals surface area contributed by atoms with E-state index in [1.807, 2.05) is 18.2 Å². The van der Waals surface area contributed by atoms with Crippen LogP contribution in [0.5, 0.6) is 0 Å². The first-order valence-electron chi connectivity index (χ1n) is 7.21. The van der Waals surface area contributed by atoms with E-state index in [0.717, 1.165) is 48.2 Å². The summed E-state index contributed by atoms with van der Waals surface area (Å²) in [4.78, 5) is 2.41. The highest BCUT2D eigenvalue weighted by Gasteiger charge is 2.12. The summed E-state index contributed by atoms with van der Waals surface area (Å²) in [6.07, 6.45) is 0.762. The molecule has 0 unspecified atom stereocenters. The molecule has 0 spiro atoms. The molecule has 0 saturated carbocycles. The van der Waals surface area contributed by atoms with E-state index in [1.165, 1.54) is 11.3 Å². The minimum atomic E-state index is 0.732. The van der Waals surface area contributed by atoms with Crippen LogP contribution < -0.4 is 10.2 Å². The van der Waals surface area contributed by atoms with E-state index < -0.39 is 0 Å². The lowest BCUT2D eigenvalue weighted by molar-refractivity contribution is 0.589. The Morgan fingerprint density at radius 1 is 0.952 bits per heavy atom. The van der Waals surface area contributed by atoms with Crippen molar-refractivity contribution in [1.29, 1.82) is 0 Å². The fraction of sp³-hybridized carbons (Fsp3) is 0.294. The number of hydrogen-bond acceptors (Lipinski definition) is 2. The van der Waals surface area contributed by atoms with Crippen molar-refractivity contribution in [2.45, 2.75) is 6.42 Å². The van der Waals surface area contributed by atoms with E-state index in [9.17, 15) is 0 Å². The van der Waals surface area contributed by atoms with E-state index in [4.69, 9.17) is 23.2 Å². The molecule has 1 saturated heterocycles. The van der Waals surface area contributed by atoms with Crippen LogP contribution in [0.4, 0.5) is 5.69 Å². The van der Waals surface area contributed by atoms with Gasteiger partial charge in [0, 0.05) is 48.3 Å². The summed E-state index contributed by atoms with van der Waals surface area (Å²) in [5, 5.41) is 4.84. The summed E-state index contributed by atoms with van der Waals surface area (Å²) in [7, 11) is 0. The average molecular weight is 321 g/mol. The number of piperazine rings is 1. The molecule has 2 aromatic carbocycles. The van der Waals surface area contributed by atoms with Gasteiger partial charge in [0.2, 0.25) is 0 Å². The summed E-state index contributed by atoms with van der Waals surface area (Å²) >= 11 is 12.5. The van der Waals surface area contributed by atoms with Gasteiger partial charge in [-0.15, -0.1) is 0 Å². The molecule has 2 nitrogen and oxygen atoms in total. The van der Waals surface area contributed by atoms with Gasteiger partial charge in [-0.2, -0.15) is 0 Å². The molecule has 0 aromatic heterocycles. The first-order chi connectivity index (χ1) is 10.2. The third-order valence-electron chi connectivity index (χ3n) is 3.84. The van der Waals surface area contributed by atoms with Gasteiger partial charge in [0.05, 0.1) is 0 Å². The van der Waals surface area contributed by atoms with Crippen LogP contribution in [0.1, 0.15) is 11.1 Å². The summed E-state index contributed by atoms with van der Waals surface area (Å²) in [6, 6.07) is 14.3. The lowest BCUT2D eigenvalue weighted by Gasteiger charge is -2.29. The number of benzene rings is 2. The molecule has 1 aliphatic heterocycles. The quantitative estimate of drug-likeness (QED) is 0.919. The number of nitrogens with zero attached hydrogens (tertiary/aromatic N) is 1. The van der Waals surface area contributed by atoms with Gasteiger partial charge in [-0.3, -0.25) is 0 Å². The first kappa shape index (κ1) is 14.7. The van der Waals surface area contributed by atoms with Crippen molar-refractivity contribution in [3.63, 3.8) is 0 Å². The van der Waals surface area contributed by atoms with Gasteiger partial charge in [-0.25, -0.2) is 0 Å². The largest absolute Gasteiger partial charge is 0.369 e. The Labute approximate surface area is 135 Å². The highest BCUT2D eigenvalue weighted by molar-refractivity contribution is 6.36. The smallest absolute Gasteiger partial charge is 0.0456 e. The van der Waals surface area contributed by atoms with Gasteiger partial charge in [-0.05, 0) is 35.4 Å². The number of halogens is 2. The normalized spacial score (nSPS) is 15.2. The molecule has 4 heteroatoms. The Morgan fingerprint density at radius 2 is 1.62 bits per heavy atom. The number of rotatable bonds is 3. The van der Waals surface area contributed by atoms with E-state index in [1.54, 1.807) is 0 Å². The minimum absolute atomic E-state index is 0.732. The molecular formula is C17H18Cl2N2. The second-order valence-corrected chi connectivity index (χ2v) is 6.10. The third kappa shape index (κ3) is 3.52. The van der Waals surface area contributed by atoms with E-state index >= 15 is 0 Å². The molecule has 2 aromatic rings. The zero-order valence-electron chi connectivity index (χ0n) is 11.8. The molecule has 1 aliphatic rings. The van der Waals surface area contributed by atoms with Crippen LogP contribution >= 0.6 is 23.2 Å². The maximum atomic E-state index is 6.26. The molecule has 0 amide bonds. The minimum Gasteiger partial charge on any atom is -0.369 e. The Hall–Kier alpha value is -1.22. The summed E-state index contributed by atoms with van der Waals surface area (Å²) in [6.45, 7) is 4.19. The van der Waals surface area contributed by atoms with Gasteiger partial charge in [-0.1, -0.05) is 41.4 Å². The molecule has 3 rings (SSSR count). The highest BCUT2D eigenvalue weighted by atomic mass is 35.5. The Kier molecular flexibility index (Phi) is 4.69. The van der Waals surface area contributed by atoms with Crippen LogP contribution in [-0.2, 0) is 6.42 Å². The van der Waals surface area contributed by atoms with Gasteiger partial charge in [0.25, 0.3) is 0 Å².